The molecular weight excluding hydrogens is 228 g/mol. The molecule has 0 atom stereocenters. The van der Waals surface area contributed by atoms with Gasteiger partial charge in [-0.2, -0.15) is 0 Å². The standard InChI is InChI=1S/C15H20OS/c16-14-6-3-11(4-7-14)12-5-8-15-13(10-12)2-1-9-17-15/h5,8,10-11,14,16H,1-4,6-7,9H2. The highest BCUT2D eigenvalue weighted by atomic mass is 32.2. The zero-order chi connectivity index (χ0) is 11.7. The van der Waals surface area contributed by atoms with E-state index in [0.29, 0.717) is 5.92 Å². The molecule has 1 heterocycles. The largest absolute Gasteiger partial charge is 0.393 e. The Bertz CT molecular complexity index is 394. The van der Waals surface area contributed by atoms with Crippen LogP contribution in [0.1, 0.15) is 49.1 Å². The third-order valence-corrected chi connectivity index (χ3v) is 5.30. The number of aliphatic hydroxyl groups is 1. The lowest BCUT2D eigenvalue weighted by atomic mass is 9.82. The first-order chi connectivity index (χ1) is 8.33. The molecule has 1 saturated carbocycles. The summed E-state index contributed by atoms with van der Waals surface area (Å²) in [6.45, 7) is 0. The van der Waals surface area contributed by atoms with Crippen molar-refractivity contribution in [2.24, 2.45) is 0 Å². The summed E-state index contributed by atoms with van der Waals surface area (Å²) >= 11 is 2.00. The summed E-state index contributed by atoms with van der Waals surface area (Å²) in [5.74, 6) is 1.97. The number of hydrogen-bond acceptors (Lipinski definition) is 2. The van der Waals surface area contributed by atoms with Crippen LogP contribution in [-0.2, 0) is 6.42 Å². The molecule has 0 bridgehead atoms. The molecule has 1 N–H and O–H groups in total. The smallest absolute Gasteiger partial charge is 0.0540 e. The van der Waals surface area contributed by atoms with E-state index in [1.54, 1.807) is 5.56 Å². The van der Waals surface area contributed by atoms with Crippen LogP contribution in [0, 0.1) is 0 Å². The van der Waals surface area contributed by atoms with E-state index in [-0.39, 0.29) is 6.10 Å². The molecule has 0 unspecified atom stereocenters. The molecule has 0 saturated heterocycles. The highest BCUT2D eigenvalue weighted by molar-refractivity contribution is 7.99. The Balaban J connectivity index is 1.79. The van der Waals surface area contributed by atoms with Gasteiger partial charge in [-0.15, -0.1) is 11.8 Å². The Morgan fingerprint density at radius 1 is 1.12 bits per heavy atom. The summed E-state index contributed by atoms with van der Waals surface area (Å²) in [5, 5.41) is 9.56. The van der Waals surface area contributed by atoms with E-state index in [1.807, 2.05) is 11.8 Å². The molecular formula is C15H20OS. The van der Waals surface area contributed by atoms with Crippen molar-refractivity contribution in [1.29, 1.82) is 0 Å². The second-order valence-electron chi connectivity index (χ2n) is 5.32. The number of hydrogen-bond donors (Lipinski definition) is 1. The number of rotatable bonds is 1. The lowest BCUT2D eigenvalue weighted by Crippen LogP contribution is -2.17. The number of fused-ring (bicyclic) bond motifs is 1. The molecule has 1 nitrogen and oxygen atoms in total. The molecule has 1 aliphatic carbocycles. The minimum Gasteiger partial charge on any atom is -0.393 e. The van der Waals surface area contributed by atoms with Crippen molar-refractivity contribution in [3.8, 4) is 0 Å². The zero-order valence-corrected chi connectivity index (χ0v) is 11.0. The van der Waals surface area contributed by atoms with Gasteiger partial charge in [-0.1, -0.05) is 12.1 Å². The molecule has 92 valence electrons. The second-order valence-corrected chi connectivity index (χ2v) is 6.46. The van der Waals surface area contributed by atoms with Crippen molar-refractivity contribution in [1.82, 2.24) is 0 Å². The van der Waals surface area contributed by atoms with Crippen LogP contribution in [0.2, 0.25) is 0 Å². The number of thioether (sulfide) groups is 1. The third kappa shape index (κ3) is 2.53. The predicted molar refractivity (Wildman–Crippen MR) is 72.7 cm³/mol. The molecule has 0 spiro atoms. The Morgan fingerprint density at radius 2 is 1.94 bits per heavy atom. The molecule has 0 radical (unpaired) electrons. The van der Waals surface area contributed by atoms with Gasteiger partial charge in [0.2, 0.25) is 0 Å². The van der Waals surface area contributed by atoms with Gasteiger partial charge in [0.25, 0.3) is 0 Å². The maximum absolute atomic E-state index is 9.56. The lowest BCUT2D eigenvalue weighted by molar-refractivity contribution is 0.122. The van der Waals surface area contributed by atoms with Crippen molar-refractivity contribution >= 4 is 11.8 Å². The van der Waals surface area contributed by atoms with Gasteiger partial charge < -0.3 is 5.11 Å². The molecule has 1 aromatic rings. The number of benzene rings is 1. The van der Waals surface area contributed by atoms with Gasteiger partial charge in [0.15, 0.2) is 0 Å². The minimum atomic E-state index is -0.0422. The summed E-state index contributed by atoms with van der Waals surface area (Å²) in [5.41, 5.74) is 3.07. The van der Waals surface area contributed by atoms with Crippen molar-refractivity contribution in [3.63, 3.8) is 0 Å². The van der Waals surface area contributed by atoms with Crippen molar-refractivity contribution in [3.05, 3.63) is 29.3 Å². The van der Waals surface area contributed by atoms with Gasteiger partial charge in [-0.25, -0.2) is 0 Å². The molecule has 1 aromatic carbocycles. The van der Waals surface area contributed by atoms with Gasteiger partial charge in [0.1, 0.15) is 0 Å². The van der Waals surface area contributed by atoms with Gasteiger partial charge in [-0.05, 0) is 67.4 Å². The van der Waals surface area contributed by atoms with Gasteiger partial charge in [-0.3, -0.25) is 0 Å². The fourth-order valence-corrected chi connectivity index (χ4v) is 4.06. The normalized spacial score (nSPS) is 28.8. The quantitative estimate of drug-likeness (QED) is 0.817. The van der Waals surface area contributed by atoms with Crippen LogP contribution in [0.4, 0.5) is 0 Å². The zero-order valence-electron chi connectivity index (χ0n) is 10.2. The molecule has 1 fully saturated rings. The van der Waals surface area contributed by atoms with Crippen molar-refractivity contribution in [2.45, 2.75) is 55.4 Å². The van der Waals surface area contributed by atoms with Crippen LogP contribution in [-0.4, -0.2) is 17.0 Å². The summed E-state index contributed by atoms with van der Waals surface area (Å²) < 4.78 is 0. The first kappa shape index (κ1) is 11.6. The second kappa shape index (κ2) is 5.03. The maximum atomic E-state index is 9.56. The average Bonchev–Trinajstić information content (AvgIpc) is 2.39. The summed E-state index contributed by atoms with van der Waals surface area (Å²) in [6, 6.07) is 7.07. The number of aliphatic hydroxyl groups excluding tert-OH is 1. The Labute approximate surface area is 108 Å². The van der Waals surface area contributed by atoms with E-state index in [0.717, 1.165) is 25.7 Å². The first-order valence-corrected chi connectivity index (χ1v) is 7.75. The van der Waals surface area contributed by atoms with E-state index < -0.39 is 0 Å². The minimum absolute atomic E-state index is 0.0422. The molecule has 2 aliphatic rings. The van der Waals surface area contributed by atoms with Crippen LogP contribution in [0.25, 0.3) is 0 Å². The summed E-state index contributed by atoms with van der Waals surface area (Å²) in [6.07, 6.45) is 6.82. The molecule has 0 aromatic heterocycles. The highest BCUT2D eigenvalue weighted by Gasteiger charge is 2.21. The molecule has 2 heteroatoms. The van der Waals surface area contributed by atoms with Gasteiger partial charge in [0.05, 0.1) is 6.10 Å². The Hall–Kier alpha value is -0.470. The molecule has 3 rings (SSSR count). The highest BCUT2D eigenvalue weighted by Crippen LogP contribution is 2.37. The molecule has 0 amide bonds. The SMILES string of the molecule is OC1CCC(c2ccc3c(c2)CCCS3)CC1. The average molecular weight is 248 g/mol. The summed E-state index contributed by atoms with van der Waals surface area (Å²) in [7, 11) is 0. The van der Waals surface area contributed by atoms with E-state index in [4.69, 9.17) is 0 Å². The number of aryl methyl sites for hydroxylation is 1. The molecule has 1 aliphatic heterocycles. The van der Waals surface area contributed by atoms with E-state index in [9.17, 15) is 5.11 Å². The van der Waals surface area contributed by atoms with Crippen molar-refractivity contribution in [2.75, 3.05) is 5.75 Å². The van der Waals surface area contributed by atoms with E-state index >= 15 is 0 Å². The maximum Gasteiger partial charge on any atom is 0.0540 e. The van der Waals surface area contributed by atoms with Gasteiger partial charge >= 0.3 is 0 Å². The van der Waals surface area contributed by atoms with Gasteiger partial charge in [0, 0.05) is 4.90 Å². The summed E-state index contributed by atoms with van der Waals surface area (Å²) in [4.78, 5) is 1.50. The van der Waals surface area contributed by atoms with Crippen LogP contribution in [0.5, 0.6) is 0 Å². The van der Waals surface area contributed by atoms with Crippen LogP contribution >= 0.6 is 11.8 Å². The van der Waals surface area contributed by atoms with Crippen LogP contribution < -0.4 is 0 Å². The van der Waals surface area contributed by atoms with Crippen molar-refractivity contribution < 1.29 is 5.11 Å². The fraction of sp³-hybridized carbons (Fsp3) is 0.600. The first-order valence-electron chi connectivity index (χ1n) is 6.76. The Kier molecular flexibility index (Phi) is 3.44. The monoisotopic (exact) mass is 248 g/mol. The Morgan fingerprint density at radius 3 is 2.76 bits per heavy atom. The van der Waals surface area contributed by atoms with E-state index in [1.165, 1.54) is 29.1 Å². The lowest BCUT2D eigenvalue weighted by Gasteiger charge is -2.27. The van der Waals surface area contributed by atoms with E-state index in [2.05, 4.69) is 18.2 Å². The molecule has 17 heavy (non-hydrogen) atoms. The fourth-order valence-electron chi connectivity index (χ4n) is 3.04. The van der Waals surface area contributed by atoms with Crippen LogP contribution in [0.15, 0.2) is 23.1 Å². The van der Waals surface area contributed by atoms with Crippen LogP contribution in [0.3, 0.4) is 0 Å². The topological polar surface area (TPSA) is 20.2 Å². The predicted octanol–water partition coefficient (Wildman–Crippen LogP) is 3.74. The third-order valence-electron chi connectivity index (χ3n) is 4.10.